The molecule has 142 valence electrons. The lowest BCUT2D eigenvalue weighted by atomic mass is 10.1. The number of fused-ring (bicyclic) bond motifs is 1. The van der Waals surface area contributed by atoms with Crippen molar-refractivity contribution in [2.45, 2.75) is 44.4 Å². The van der Waals surface area contributed by atoms with E-state index in [0.717, 1.165) is 12.8 Å². The minimum atomic E-state index is -0.0383. The summed E-state index contributed by atoms with van der Waals surface area (Å²) in [7, 11) is 0. The maximum atomic E-state index is 12.9. The van der Waals surface area contributed by atoms with Gasteiger partial charge in [0.05, 0.1) is 11.3 Å². The summed E-state index contributed by atoms with van der Waals surface area (Å²) < 4.78 is 2.36. The highest BCUT2D eigenvalue weighted by atomic mass is 32.2. The predicted molar refractivity (Wildman–Crippen MR) is 113 cm³/mol. The van der Waals surface area contributed by atoms with Crippen molar-refractivity contribution in [3.63, 3.8) is 0 Å². The largest absolute Gasteiger partial charge is 0.353 e. The second kappa shape index (κ2) is 9.19. The first-order valence-electron chi connectivity index (χ1n) is 9.02. The van der Waals surface area contributed by atoms with Crippen LogP contribution in [0.5, 0.6) is 0 Å². The summed E-state index contributed by atoms with van der Waals surface area (Å²) in [5, 5.41) is 5.43. The smallest absolute Gasteiger partial charge is 0.272 e. The molecule has 1 N–H and O–H groups in total. The van der Waals surface area contributed by atoms with Crippen molar-refractivity contribution in [3.05, 3.63) is 57.7 Å². The molecule has 7 heteroatoms. The molecular weight excluding hydrogens is 378 g/mol. The Morgan fingerprint density at radius 2 is 2.07 bits per heavy atom. The average molecular weight is 402 g/mol. The molecule has 0 unspecified atom stereocenters. The number of hydrogen-bond acceptors (Lipinski definition) is 5. The number of carbonyl (C=O) groups is 1. The van der Waals surface area contributed by atoms with Gasteiger partial charge in [-0.15, -0.1) is 11.3 Å². The monoisotopic (exact) mass is 401 g/mol. The van der Waals surface area contributed by atoms with E-state index in [4.69, 9.17) is 0 Å². The van der Waals surface area contributed by atoms with Crippen LogP contribution in [-0.2, 0) is 17.8 Å². The first-order valence-corrected chi connectivity index (χ1v) is 10.9. The first-order chi connectivity index (χ1) is 13.1. The van der Waals surface area contributed by atoms with E-state index in [9.17, 15) is 9.59 Å². The lowest BCUT2D eigenvalue weighted by Crippen LogP contribution is -2.33. The molecule has 1 atom stereocenters. The van der Waals surface area contributed by atoms with Gasteiger partial charge in [-0.05, 0) is 36.8 Å². The van der Waals surface area contributed by atoms with E-state index >= 15 is 0 Å². The van der Waals surface area contributed by atoms with E-state index in [2.05, 4.69) is 22.4 Å². The van der Waals surface area contributed by atoms with Crippen LogP contribution in [0.15, 0.2) is 51.7 Å². The maximum Gasteiger partial charge on any atom is 0.272 e. The summed E-state index contributed by atoms with van der Waals surface area (Å²) in [5.41, 5.74) is 1.84. The molecule has 0 aliphatic rings. The summed E-state index contributed by atoms with van der Waals surface area (Å²) in [5.74, 6) is 0.209. The highest BCUT2D eigenvalue weighted by Gasteiger charge is 2.15. The third kappa shape index (κ3) is 4.99. The highest BCUT2D eigenvalue weighted by molar-refractivity contribution is 7.99. The molecule has 1 aromatic carbocycles. The van der Waals surface area contributed by atoms with Crippen LogP contribution in [0.2, 0.25) is 0 Å². The quantitative estimate of drug-likeness (QED) is 0.462. The number of thiophene rings is 1. The summed E-state index contributed by atoms with van der Waals surface area (Å²) >= 11 is 2.73. The van der Waals surface area contributed by atoms with Gasteiger partial charge in [-0.1, -0.05) is 49.0 Å². The number of rotatable bonds is 8. The van der Waals surface area contributed by atoms with Gasteiger partial charge < -0.3 is 5.32 Å². The van der Waals surface area contributed by atoms with Gasteiger partial charge in [0.25, 0.3) is 5.56 Å². The molecule has 0 saturated carbocycles. The molecule has 0 fully saturated rings. The van der Waals surface area contributed by atoms with Gasteiger partial charge in [-0.2, -0.15) is 0 Å². The number of aromatic nitrogens is 2. The van der Waals surface area contributed by atoms with Gasteiger partial charge in [-0.3, -0.25) is 14.2 Å². The van der Waals surface area contributed by atoms with E-state index in [1.54, 1.807) is 4.57 Å². The molecule has 5 nitrogen and oxygen atoms in total. The van der Waals surface area contributed by atoms with E-state index in [-0.39, 0.29) is 23.3 Å². The van der Waals surface area contributed by atoms with Crippen LogP contribution in [0.1, 0.15) is 25.8 Å². The van der Waals surface area contributed by atoms with Gasteiger partial charge in [0.1, 0.15) is 4.70 Å². The van der Waals surface area contributed by atoms with E-state index in [1.807, 2.05) is 43.5 Å². The van der Waals surface area contributed by atoms with E-state index in [0.29, 0.717) is 21.9 Å². The number of thioether (sulfide) groups is 1. The molecule has 0 saturated heterocycles. The Morgan fingerprint density at radius 3 is 2.81 bits per heavy atom. The van der Waals surface area contributed by atoms with E-state index < -0.39 is 0 Å². The highest BCUT2D eigenvalue weighted by Crippen LogP contribution is 2.21. The number of carbonyl (C=O) groups excluding carboxylic acids is 1. The van der Waals surface area contributed by atoms with Crippen molar-refractivity contribution in [1.82, 2.24) is 14.9 Å². The van der Waals surface area contributed by atoms with Crippen molar-refractivity contribution in [1.29, 1.82) is 0 Å². The fourth-order valence-electron chi connectivity index (χ4n) is 2.67. The Kier molecular flexibility index (Phi) is 6.68. The topological polar surface area (TPSA) is 64.0 Å². The summed E-state index contributed by atoms with van der Waals surface area (Å²) in [6.45, 7) is 4.55. The number of hydrogen-bond donors (Lipinski definition) is 1. The average Bonchev–Trinajstić information content (AvgIpc) is 3.15. The van der Waals surface area contributed by atoms with Crippen molar-refractivity contribution in [2.24, 2.45) is 0 Å². The van der Waals surface area contributed by atoms with Crippen molar-refractivity contribution in [3.8, 4) is 0 Å². The second-order valence-corrected chi connectivity index (χ2v) is 8.25. The third-order valence-electron chi connectivity index (χ3n) is 4.35. The van der Waals surface area contributed by atoms with Crippen LogP contribution < -0.4 is 10.9 Å². The van der Waals surface area contributed by atoms with Gasteiger partial charge in [-0.25, -0.2) is 4.98 Å². The molecule has 0 aliphatic carbocycles. The molecule has 0 radical (unpaired) electrons. The summed E-state index contributed by atoms with van der Waals surface area (Å²) in [6, 6.07) is 12.1. The molecule has 0 aliphatic heterocycles. The number of nitrogens with zero attached hydrogens (tertiary/aromatic N) is 2. The van der Waals surface area contributed by atoms with Gasteiger partial charge in [0, 0.05) is 12.6 Å². The van der Waals surface area contributed by atoms with Crippen LogP contribution in [0.25, 0.3) is 10.2 Å². The zero-order valence-corrected chi connectivity index (χ0v) is 17.1. The molecule has 0 spiro atoms. The minimum Gasteiger partial charge on any atom is -0.353 e. The van der Waals surface area contributed by atoms with Crippen LogP contribution in [-0.4, -0.2) is 27.3 Å². The van der Waals surface area contributed by atoms with Crippen molar-refractivity contribution >= 4 is 39.2 Å². The Hall–Kier alpha value is -2.12. The molecule has 1 amide bonds. The molecule has 2 aromatic heterocycles. The van der Waals surface area contributed by atoms with Crippen molar-refractivity contribution < 1.29 is 4.79 Å². The van der Waals surface area contributed by atoms with Crippen LogP contribution >= 0.6 is 23.1 Å². The fraction of sp³-hybridized carbons (Fsp3) is 0.350. The Bertz CT molecular complexity index is 966. The predicted octanol–water partition coefficient (Wildman–Crippen LogP) is 3.71. The maximum absolute atomic E-state index is 12.9. The summed E-state index contributed by atoms with van der Waals surface area (Å²) in [4.78, 5) is 29.7. The lowest BCUT2D eigenvalue weighted by Gasteiger charge is -2.13. The number of nitrogens with one attached hydrogen (secondary N) is 1. The molecule has 2 heterocycles. The Labute approximate surface area is 166 Å². The van der Waals surface area contributed by atoms with Gasteiger partial charge >= 0.3 is 0 Å². The lowest BCUT2D eigenvalue weighted by molar-refractivity contribution is -0.119. The number of benzene rings is 1. The van der Waals surface area contributed by atoms with Gasteiger partial charge in [0.15, 0.2) is 5.16 Å². The summed E-state index contributed by atoms with van der Waals surface area (Å²) in [6.07, 6.45) is 1.63. The molecule has 3 aromatic rings. The number of aryl methyl sites for hydroxylation is 1. The fourth-order valence-corrected chi connectivity index (χ4v) is 4.28. The minimum absolute atomic E-state index is 0.0317. The third-order valence-corrected chi connectivity index (χ3v) is 6.22. The van der Waals surface area contributed by atoms with E-state index in [1.165, 1.54) is 28.7 Å². The number of amides is 1. The van der Waals surface area contributed by atoms with Crippen molar-refractivity contribution in [2.75, 3.05) is 5.75 Å². The molecule has 3 rings (SSSR count). The molecular formula is C20H23N3O2S2. The normalized spacial score (nSPS) is 12.2. The zero-order valence-electron chi connectivity index (χ0n) is 15.5. The van der Waals surface area contributed by atoms with Crippen LogP contribution in [0, 0.1) is 0 Å². The molecule has 0 bridgehead atoms. The van der Waals surface area contributed by atoms with Gasteiger partial charge in [0.2, 0.25) is 5.91 Å². The standard InChI is InChI=1S/C20H23N3O2S2/c1-3-14(2)21-17(24)13-27-20-22-16-10-12-26-18(16)19(25)23(20)11-9-15-7-5-4-6-8-15/h4-8,10,12,14H,3,9,11,13H2,1-2H3,(H,21,24)/t14-/m0/s1. The molecule has 27 heavy (non-hydrogen) atoms. The van der Waals surface area contributed by atoms with Crippen LogP contribution in [0.3, 0.4) is 0 Å². The Balaban J connectivity index is 1.81. The first kappa shape index (κ1) is 19.6. The second-order valence-electron chi connectivity index (χ2n) is 6.39. The Morgan fingerprint density at radius 1 is 1.30 bits per heavy atom. The van der Waals surface area contributed by atoms with Crippen LogP contribution in [0.4, 0.5) is 0 Å². The zero-order chi connectivity index (χ0) is 19.2. The SMILES string of the molecule is CC[C@H](C)NC(=O)CSc1nc2ccsc2c(=O)n1CCc1ccccc1.